The molecule has 4 aromatic rings. The molecule has 1 N–H and O–H groups in total. The van der Waals surface area contributed by atoms with Crippen LogP contribution in [0.5, 0.6) is 0 Å². The monoisotopic (exact) mass is 416 g/mol. The second-order valence-electron chi connectivity index (χ2n) is 8.19. The maximum absolute atomic E-state index is 9.33. The molecule has 0 spiro atoms. The summed E-state index contributed by atoms with van der Waals surface area (Å²) in [4.78, 5) is 9.13. The average Bonchev–Trinajstić information content (AvgIpc) is 3.05. The van der Waals surface area contributed by atoms with Gasteiger partial charge in [-0.2, -0.15) is 10.4 Å². The number of fused-ring (bicyclic) bond motifs is 1. The first-order chi connectivity index (χ1) is 14.2. The maximum atomic E-state index is 9.33. The number of hydrogen-bond acceptors (Lipinski definition) is 5. The first-order valence-electron chi connectivity index (χ1n) is 9.56. The van der Waals surface area contributed by atoms with Crippen molar-refractivity contribution in [3.05, 3.63) is 65.1 Å². The second kappa shape index (κ2) is 7.43. The fraction of sp³-hybridized carbons (Fsp3) is 0.217. The smallest absolute Gasteiger partial charge is 0.165 e. The van der Waals surface area contributed by atoms with Crippen molar-refractivity contribution in [3.63, 3.8) is 0 Å². The van der Waals surface area contributed by atoms with Gasteiger partial charge in [0.2, 0.25) is 0 Å². The van der Waals surface area contributed by atoms with Crippen LogP contribution in [0, 0.1) is 18.3 Å². The SMILES string of the molecule is Cc1cc(-c2c(-c3cccc(C#N)c3)nn3ccc(NC(C)(C)C)nc23)cc(Cl)n1. The van der Waals surface area contributed by atoms with Gasteiger partial charge in [-0.25, -0.2) is 14.5 Å². The van der Waals surface area contributed by atoms with Crippen molar-refractivity contribution >= 4 is 23.1 Å². The second-order valence-corrected chi connectivity index (χ2v) is 8.58. The number of hydrogen-bond donors (Lipinski definition) is 1. The van der Waals surface area contributed by atoms with Gasteiger partial charge in [-0.05, 0) is 63.6 Å². The molecule has 0 saturated carbocycles. The molecule has 0 saturated heterocycles. The van der Waals surface area contributed by atoms with Crippen LogP contribution < -0.4 is 5.32 Å². The highest BCUT2D eigenvalue weighted by Crippen LogP contribution is 2.36. The first-order valence-corrected chi connectivity index (χ1v) is 9.94. The zero-order chi connectivity index (χ0) is 21.5. The van der Waals surface area contributed by atoms with Crippen LogP contribution in [0.3, 0.4) is 0 Å². The summed E-state index contributed by atoms with van der Waals surface area (Å²) in [7, 11) is 0. The van der Waals surface area contributed by atoms with E-state index in [4.69, 9.17) is 21.7 Å². The van der Waals surface area contributed by atoms with Crippen LogP contribution in [0.15, 0.2) is 48.7 Å². The van der Waals surface area contributed by atoms with Gasteiger partial charge in [-0.1, -0.05) is 23.7 Å². The van der Waals surface area contributed by atoms with E-state index >= 15 is 0 Å². The van der Waals surface area contributed by atoms with Crippen LogP contribution >= 0.6 is 11.6 Å². The topological polar surface area (TPSA) is 78.9 Å². The van der Waals surface area contributed by atoms with Crippen LogP contribution in [-0.4, -0.2) is 25.1 Å². The molecule has 0 atom stereocenters. The lowest BCUT2D eigenvalue weighted by atomic mass is 10.00. The first kappa shape index (κ1) is 19.9. The number of aryl methyl sites for hydroxylation is 1. The number of nitrogens with one attached hydrogen (secondary N) is 1. The number of pyridine rings is 1. The summed E-state index contributed by atoms with van der Waals surface area (Å²) in [5.41, 5.74) is 5.23. The van der Waals surface area contributed by atoms with E-state index in [1.54, 1.807) is 10.6 Å². The van der Waals surface area contributed by atoms with Gasteiger partial charge in [-0.3, -0.25) is 0 Å². The number of nitrogens with zero attached hydrogens (tertiary/aromatic N) is 5. The molecule has 6 nitrogen and oxygen atoms in total. The summed E-state index contributed by atoms with van der Waals surface area (Å²) in [6.45, 7) is 8.15. The Morgan fingerprint density at radius 1 is 1.07 bits per heavy atom. The van der Waals surface area contributed by atoms with Crippen molar-refractivity contribution in [2.24, 2.45) is 0 Å². The van der Waals surface area contributed by atoms with Crippen LogP contribution in [0.1, 0.15) is 32.0 Å². The van der Waals surface area contributed by atoms with Gasteiger partial charge >= 0.3 is 0 Å². The summed E-state index contributed by atoms with van der Waals surface area (Å²) in [5, 5.41) is 17.9. The molecule has 4 rings (SSSR count). The molecule has 0 amide bonds. The predicted octanol–water partition coefficient (Wildman–Crippen LogP) is 5.50. The van der Waals surface area contributed by atoms with E-state index in [0.29, 0.717) is 16.4 Å². The summed E-state index contributed by atoms with van der Waals surface area (Å²) in [6.07, 6.45) is 1.88. The van der Waals surface area contributed by atoms with Crippen molar-refractivity contribution in [3.8, 4) is 28.5 Å². The molecule has 3 heterocycles. The average molecular weight is 417 g/mol. The normalized spacial score (nSPS) is 11.5. The summed E-state index contributed by atoms with van der Waals surface area (Å²) in [5.74, 6) is 0.755. The Morgan fingerprint density at radius 3 is 2.57 bits per heavy atom. The maximum Gasteiger partial charge on any atom is 0.165 e. The Balaban J connectivity index is 2.02. The molecule has 0 aliphatic rings. The third kappa shape index (κ3) is 3.98. The van der Waals surface area contributed by atoms with E-state index < -0.39 is 0 Å². The van der Waals surface area contributed by atoms with Crippen molar-refractivity contribution in [2.75, 3.05) is 5.32 Å². The van der Waals surface area contributed by atoms with Gasteiger partial charge in [0.05, 0.1) is 17.2 Å². The van der Waals surface area contributed by atoms with Gasteiger partial charge in [0.15, 0.2) is 5.65 Å². The van der Waals surface area contributed by atoms with E-state index in [-0.39, 0.29) is 5.54 Å². The van der Waals surface area contributed by atoms with Crippen LogP contribution in [0.4, 0.5) is 5.82 Å². The minimum Gasteiger partial charge on any atom is -0.365 e. The quantitative estimate of drug-likeness (QED) is 0.446. The Hall–Kier alpha value is -3.43. The van der Waals surface area contributed by atoms with Gasteiger partial charge in [0, 0.05) is 23.0 Å². The van der Waals surface area contributed by atoms with E-state index in [2.05, 4.69) is 37.1 Å². The number of benzene rings is 1. The summed E-state index contributed by atoms with van der Waals surface area (Å²) < 4.78 is 1.75. The summed E-state index contributed by atoms with van der Waals surface area (Å²) in [6, 6.07) is 15.3. The molecule has 150 valence electrons. The number of halogens is 1. The summed E-state index contributed by atoms with van der Waals surface area (Å²) >= 11 is 6.27. The number of rotatable bonds is 3. The molecule has 0 radical (unpaired) electrons. The molecular weight excluding hydrogens is 396 g/mol. The Labute approximate surface area is 180 Å². The van der Waals surface area contributed by atoms with Gasteiger partial charge in [0.25, 0.3) is 0 Å². The third-order valence-corrected chi connectivity index (χ3v) is 4.66. The van der Waals surface area contributed by atoms with Crippen LogP contribution in [0.25, 0.3) is 28.0 Å². The zero-order valence-electron chi connectivity index (χ0n) is 17.2. The van der Waals surface area contributed by atoms with Crippen molar-refractivity contribution < 1.29 is 0 Å². The minimum absolute atomic E-state index is 0.133. The van der Waals surface area contributed by atoms with Crippen LogP contribution in [-0.2, 0) is 0 Å². The molecule has 30 heavy (non-hydrogen) atoms. The van der Waals surface area contributed by atoms with E-state index in [9.17, 15) is 5.26 Å². The Bertz CT molecular complexity index is 1270. The molecule has 0 bridgehead atoms. The van der Waals surface area contributed by atoms with Crippen molar-refractivity contribution in [1.29, 1.82) is 5.26 Å². The molecule has 3 aromatic heterocycles. The van der Waals surface area contributed by atoms with E-state index in [1.165, 1.54) is 0 Å². The van der Waals surface area contributed by atoms with E-state index in [0.717, 1.165) is 33.9 Å². The van der Waals surface area contributed by atoms with Crippen molar-refractivity contribution in [1.82, 2.24) is 19.6 Å². The number of nitriles is 1. The largest absolute Gasteiger partial charge is 0.365 e. The standard InChI is InChI=1S/C23H21ClN6/c1-14-10-17(12-18(24)26-14)20-21(16-7-5-6-15(11-16)13-25)29-30-9-8-19(27-22(20)30)28-23(2,3)4/h5-12H,1-4H3,(H,27,28). The van der Waals surface area contributed by atoms with E-state index in [1.807, 2.05) is 49.5 Å². The highest BCUT2D eigenvalue weighted by molar-refractivity contribution is 6.29. The Morgan fingerprint density at radius 2 is 1.87 bits per heavy atom. The number of aromatic nitrogens is 4. The highest BCUT2D eigenvalue weighted by Gasteiger charge is 2.20. The molecular formula is C23H21ClN6. The lowest BCUT2D eigenvalue weighted by Crippen LogP contribution is -2.26. The fourth-order valence-electron chi connectivity index (χ4n) is 3.36. The minimum atomic E-state index is -0.133. The highest BCUT2D eigenvalue weighted by atomic mass is 35.5. The van der Waals surface area contributed by atoms with Gasteiger partial charge in [-0.15, -0.1) is 0 Å². The zero-order valence-corrected chi connectivity index (χ0v) is 18.0. The lowest BCUT2D eigenvalue weighted by molar-refractivity contribution is 0.630. The fourth-order valence-corrected chi connectivity index (χ4v) is 3.61. The third-order valence-electron chi connectivity index (χ3n) is 4.46. The molecule has 0 unspecified atom stereocenters. The number of anilines is 1. The molecule has 0 aliphatic carbocycles. The molecule has 0 fully saturated rings. The van der Waals surface area contributed by atoms with Gasteiger partial charge in [0.1, 0.15) is 16.7 Å². The lowest BCUT2D eigenvalue weighted by Gasteiger charge is -2.21. The Kier molecular flexibility index (Phi) is 4.92. The molecule has 7 heteroatoms. The van der Waals surface area contributed by atoms with Crippen LogP contribution in [0.2, 0.25) is 5.15 Å². The van der Waals surface area contributed by atoms with Crippen molar-refractivity contribution in [2.45, 2.75) is 33.2 Å². The molecule has 0 aliphatic heterocycles. The molecule has 1 aromatic carbocycles. The van der Waals surface area contributed by atoms with Gasteiger partial charge < -0.3 is 5.32 Å². The predicted molar refractivity (Wildman–Crippen MR) is 119 cm³/mol.